The molecule has 7 nitrogen and oxygen atoms in total. The summed E-state index contributed by atoms with van der Waals surface area (Å²) in [5, 5.41) is 16.8. The van der Waals surface area contributed by atoms with Crippen LogP contribution >= 0.6 is 0 Å². The summed E-state index contributed by atoms with van der Waals surface area (Å²) >= 11 is 0. The molecule has 3 rings (SSSR count). The van der Waals surface area contributed by atoms with Gasteiger partial charge in [-0.15, -0.1) is 0 Å². The van der Waals surface area contributed by atoms with Crippen molar-refractivity contribution in [1.29, 1.82) is 0 Å². The molecule has 0 fully saturated rings. The van der Waals surface area contributed by atoms with Crippen LogP contribution in [0.3, 0.4) is 0 Å². The molecule has 2 aromatic heterocycles. The lowest BCUT2D eigenvalue weighted by Gasteiger charge is -2.12. The van der Waals surface area contributed by atoms with Crippen molar-refractivity contribution < 1.29 is 9.90 Å². The molecule has 1 atom stereocenters. The fraction of sp³-hybridized carbons (Fsp3) is 0.125. The molecular formula is C16H15N5O2. The Balaban J connectivity index is 1.66. The average Bonchev–Trinajstić information content (AvgIpc) is 3.15. The van der Waals surface area contributed by atoms with E-state index in [0.717, 1.165) is 5.56 Å². The van der Waals surface area contributed by atoms with Crippen LogP contribution in [0.2, 0.25) is 0 Å². The number of nitrogens with zero attached hydrogens (tertiary/aromatic N) is 4. The number of rotatable bonds is 5. The van der Waals surface area contributed by atoms with E-state index in [1.54, 1.807) is 12.1 Å². The summed E-state index contributed by atoms with van der Waals surface area (Å²) in [5.74, 6) is 0.211. The van der Waals surface area contributed by atoms with Gasteiger partial charge in [-0.1, -0.05) is 30.3 Å². The topological polar surface area (TPSA) is 92.9 Å². The zero-order chi connectivity index (χ0) is 16.1. The summed E-state index contributed by atoms with van der Waals surface area (Å²) in [6.07, 6.45) is 3.67. The van der Waals surface area contributed by atoms with Crippen molar-refractivity contribution in [3.05, 3.63) is 72.4 Å². The zero-order valence-electron chi connectivity index (χ0n) is 12.2. The van der Waals surface area contributed by atoms with E-state index in [0.29, 0.717) is 11.4 Å². The number of benzene rings is 1. The van der Waals surface area contributed by atoms with Gasteiger partial charge in [-0.3, -0.25) is 4.79 Å². The third-order valence-electron chi connectivity index (χ3n) is 3.30. The highest BCUT2D eigenvalue weighted by molar-refractivity contribution is 5.94. The van der Waals surface area contributed by atoms with Crippen LogP contribution in [-0.2, 0) is 0 Å². The number of pyridine rings is 1. The molecule has 2 heterocycles. The van der Waals surface area contributed by atoms with E-state index in [4.69, 9.17) is 0 Å². The van der Waals surface area contributed by atoms with Gasteiger partial charge in [0.25, 0.3) is 5.91 Å². The maximum absolute atomic E-state index is 12.2. The summed E-state index contributed by atoms with van der Waals surface area (Å²) in [7, 11) is 0. The van der Waals surface area contributed by atoms with E-state index >= 15 is 0 Å². The van der Waals surface area contributed by atoms with Crippen molar-refractivity contribution in [2.45, 2.75) is 6.10 Å². The van der Waals surface area contributed by atoms with Crippen LogP contribution in [-0.4, -0.2) is 37.3 Å². The third kappa shape index (κ3) is 3.58. The Labute approximate surface area is 132 Å². The van der Waals surface area contributed by atoms with Crippen LogP contribution in [0.25, 0.3) is 5.82 Å². The number of aromatic nitrogens is 4. The molecule has 0 aliphatic carbocycles. The van der Waals surface area contributed by atoms with E-state index in [1.165, 1.54) is 23.5 Å². The van der Waals surface area contributed by atoms with E-state index in [2.05, 4.69) is 20.4 Å². The molecule has 0 saturated carbocycles. The maximum Gasteiger partial charge on any atom is 0.251 e. The zero-order valence-corrected chi connectivity index (χ0v) is 12.2. The second-order valence-electron chi connectivity index (χ2n) is 4.88. The molecule has 2 N–H and O–H groups in total. The average molecular weight is 309 g/mol. The quantitative estimate of drug-likeness (QED) is 0.737. The van der Waals surface area contributed by atoms with Gasteiger partial charge in [0.1, 0.15) is 12.7 Å². The molecular weight excluding hydrogens is 294 g/mol. The smallest absolute Gasteiger partial charge is 0.251 e. The number of nitrogens with one attached hydrogen (secondary N) is 1. The first-order valence-electron chi connectivity index (χ1n) is 7.06. The minimum absolute atomic E-state index is 0.129. The van der Waals surface area contributed by atoms with Crippen molar-refractivity contribution in [2.75, 3.05) is 6.54 Å². The van der Waals surface area contributed by atoms with Gasteiger partial charge in [-0.2, -0.15) is 5.10 Å². The minimum atomic E-state index is -0.753. The molecule has 7 heteroatoms. The highest BCUT2D eigenvalue weighted by atomic mass is 16.3. The summed E-state index contributed by atoms with van der Waals surface area (Å²) in [4.78, 5) is 20.2. The Morgan fingerprint density at radius 2 is 2.09 bits per heavy atom. The Kier molecular flexibility index (Phi) is 4.39. The molecule has 0 spiro atoms. The summed E-state index contributed by atoms with van der Waals surface area (Å²) in [6.45, 7) is 0.129. The van der Waals surface area contributed by atoms with Crippen molar-refractivity contribution in [3.8, 4) is 5.82 Å². The van der Waals surface area contributed by atoms with Crippen LogP contribution in [0, 0.1) is 0 Å². The van der Waals surface area contributed by atoms with Crippen molar-refractivity contribution in [2.24, 2.45) is 0 Å². The number of hydrogen-bond donors (Lipinski definition) is 2. The maximum atomic E-state index is 12.2. The van der Waals surface area contributed by atoms with Crippen molar-refractivity contribution in [3.63, 3.8) is 0 Å². The molecule has 116 valence electrons. The standard InChI is InChI=1S/C16H15N5O2/c22-14(12-4-2-1-3-5-12)9-19-16(23)13-6-7-18-15(8-13)21-11-17-10-20-21/h1-8,10-11,14,22H,9H2,(H,19,23)/t14-/m0/s1. The lowest BCUT2D eigenvalue weighted by Crippen LogP contribution is -2.28. The predicted molar refractivity (Wildman–Crippen MR) is 82.9 cm³/mol. The molecule has 3 aromatic rings. The molecule has 0 saturated heterocycles. The van der Waals surface area contributed by atoms with Crippen LogP contribution in [0.1, 0.15) is 22.0 Å². The molecule has 1 aromatic carbocycles. The summed E-state index contributed by atoms with van der Waals surface area (Å²) < 4.78 is 1.47. The van der Waals surface area contributed by atoms with Gasteiger partial charge in [0.15, 0.2) is 5.82 Å². The van der Waals surface area contributed by atoms with E-state index in [1.807, 2.05) is 30.3 Å². The van der Waals surface area contributed by atoms with E-state index in [-0.39, 0.29) is 12.5 Å². The number of aliphatic hydroxyl groups excluding tert-OH is 1. The number of carbonyl (C=O) groups excluding carboxylic acids is 1. The van der Waals surface area contributed by atoms with Gasteiger partial charge in [0.2, 0.25) is 0 Å². The Hall–Kier alpha value is -3.06. The fourth-order valence-corrected chi connectivity index (χ4v) is 2.10. The van der Waals surface area contributed by atoms with Gasteiger partial charge in [-0.05, 0) is 17.7 Å². The van der Waals surface area contributed by atoms with E-state index < -0.39 is 6.10 Å². The normalized spacial score (nSPS) is 11.9. The first-order chi connectivity index (χ1) is 11.2. The number of hydrogen-bond acceptors (Lipinski definition) is 5. The van der Waals surface area contributed by atoms with Crippen LogP contribution in [0.15, 0.2) is 61.3 Å². The minimum Gasteiger partial charge on any atom is -0.387 e. The van der Waals surface area contributed by atoms with Crippen LogP contribution < -0.4 is 5.32 Å². The van der Waals surface area contributed by atoms with Gasteiger partial charge >= 0.3 is 0 Å². The van der Waals surface area contributed by atoms with Crippen molar-refractivity contribution in [1.82, 2.24) is 25.1 Å². The fourth-order valence-electron chi connectivity index (χ4n) is 2.10. The molecule has 0 unspecified atom stereocenters. The highest BCUT2D eigenvalue weighted by Crippen LogP contribution is 2.11. The monoisotopic (exact) mass is 309 g/mol. The lowest BCUT2D eigenvalue weighted by atomic mass is 10.1. The summed E-state index contributed by atoms with van der Waals surface area (Å²) in [5.41, 5.74) is 1.19. The SMILES string of the molecule is O=C(NC[C@H](O)c1ccccc1)c1ccnc(-n2cncn2)c1. The van der Waals surface area contributed by atoms with E-state index in [9.17, 15) is 9.90 Å². The first kappa shape index (κ1) is 14.9. The number of amides is 1. The predicted octanol–water partition coefficient (Wildman–Crippen LogP) is 1.13. The summed E-state index contributed by atoms with van der Waals surface area (Å²) in [6, 6.07) is 12.4. The second-order valence-corrected chi connectivity index (χ2v) is 4.88. The largest absolute Gasteiger partial charge is 0.387 e. The first-order valence-corrected chi connectivity index (χ1v) is 7.06. The second kappa shape index (κ2) is 6.80. The number of carbonyl (C=O) groups is 1. The van der Waals surface area contributed by atoms with Gasteiger partial charge in [0.05, 0.1) is 6.10 Å². The molecule has 23 heavy (non-hydrogen) atoms. The molecule has 0 bridgehead atoms. The van der Waals surface area contributed by atoms with Crippen LogP contribution in [0.5, 0.6) is 0 Å². The van der Waals surface area contributed by atoms with Gasteiger partial charge < -0.3 is 10.4 Å². The van der Waals surface area contributed by atoms with Gasteiger partial charge in [0, 0.05) is 18.3 Å². The third-order valence-corrected chi connectivity index (χ3v) is 3.30. The van der Waals surface area contributed by atoms with Crippen LogP contribution in [0.4, 0.5) is 0 Å². The Bertz CT molecular complexity index is 774. The molecule has 0 aliphatic rings. The number of aliphatic hydroxyl groups is 1. The molecule has 1 amide bonds. The Morgan fingerprint density at radius 3 is 2.83 bits per heavy atom. The van der Waals surface area contributed by atoms with Crippen molar-refractivity contribution >= 4 is 5.91 Å². The Morgan fingerprint density at radius 1 is 1.26 bits per heavy atom. The van der Waals surface area contributed by atoms with Gasteiger partial charge in [-0.25, -0.2) is 14.6 Å². The molecule has 0 radical (unpaired) electrons. The highest BCUT2D eigenvalue weighted by Gasteiger charge is 2.11. The lowest BCUT2D eigenvalue weighted by molar-refractivity contribution is 0.0916. The molecule has 0 aliphatic heterocycles.